The van der Waals surface area contributed by atoms with Crippen molar-refractivity contribution in [2.24, 2.45) is 16.5 Å². The molecule has 0 saturated carbocycles. The summed E-state index contributed by atoms with van der Waals surface area (Å²) in [5, 5.41) is 2.94. The van der Waals surface area contributed by atoms with E-state index in [2.05, 4.69) is 20.2 Å². The van der Waals surface area contributed by atoms with Crippen molar-refractivity contribution in [1.82, 2.24) is 9.97 Å². The van der Waals surface area contributed by atoms with Gasteiger partial charge in [0.05, 0.1) is 29.2 Å². The number of nitrogens with one attached hydrogen (secondary N) is 1. The number of urea groups is 1. The van der Waals surface area contributed by atoms with Crippen LogP contribution in [0.4, 0.5) is 35.2 Å². The Hall–Kier alpha value is -5.07. The summed E-state index contributed by atoms with van der Waals surface area (Å²) in [7, 11) is 0. The average Bonchev–Trinajstić information content (AvgIpc) is 3.60. The highest BCUT2D eigenvalue weighted by atomic mass is 19.4. The number of benzene rings is 2. The van der Waals surface area contributed by atoms with Crippen molar-refractivity contribution >= 4 is 29.2 Å². The smallest absolute Gasteiger partial charge is 0.416 e. The molecule has 0 unspecified atom stereocenters. The molecule has 0 radical (unpaired) electrons. The van der Waals surface area contributed by atoms with Crippen molar-refractivity contribution in [1.29, 1.82) is 0 Å². The summed E-state index contributed by atoms with van der Waals surface area (Å²) in [5.74, 6) is 1.14. The minimum atomic E-state index is -4.48. The summed E-state index contributed by atoms with van der Waals surface area (Å²) in [6.45, 7) is 1.48. The molecule has 4 heterocycles. The Morgan fingerprint density at radius 1 is 1.10 bits per heavy atom. The largest absolute Gasteiger partial charge is 0.439 e. The molecule has 1 saturated heterocycles. The van der Waals surface area contributed by atoms with Gasteiger partial charge in [0.2, 0.25) is 5.89 Å². The van der Waals surface area contributed by atoms with Crippen molar-refractivity contribution < 1.29 is 22.4 Å². The monoisotopic (exact) mass is 562 g/mol. The van der Waals surface area contributed by atoms with Crippen LogP contribution in [0.15, 0.2) is 76.3 Å². The Kier molecular flexibility index (Phi) is 6.48. The van der Waals surface area contributed by atoms with E-state index < -0.39 is 17.8 Å². The van der Waals surface area contributed by atoms with E-state index in [1.54, 1.807) is 41.4 Å². The molecule has 0 spiro atoms. The van der Waals surface area contributed by atoms with Crippen molar-refractivity contribution in [3.63, 3.8) is 0 Å². The fourth-order valence-corrected chi connectivity index (χ4v) is 5.10. The molecule has 5 N–H and O–H groups in total. The van der Waals surface area contributed by atoms with Gasteiger partial charge in [0, 0.05) is 29.9 Å². The number of hydrogen-bond donors (Lipinski definition) is 3. The van der Waals surface area contributed by atoms with Gasteiger partial charge in [-0.2, -0.15) is 13.2 Å². The lowest BCUT2D eigenvalue weighted by molar-refractivity contribution is -0.137. The van der Waals surface area contributed by atoms with E-state index in [1.165, 1.54) is 6.07 Å². The molecule has 2 aromatic heterocycles. The van der Waals surface area contributed by atoms with Gasteiger partial charge in [-0.05, 0) is 42.8 Å². The summed E-state index contributed by atoms with van der Waals surface area (Å²) in [4.78, 5) is 30.2. The number of oxazole rings is 1. The molecular formula is C28H25F3N8O2. The van der Waals surface area contributed by atoms with E-state index in [0.29, 0.717) is 46.5 Å². The van der Waals surface area contributed by atoms with E-state index >= 15 is 0 Å². The fraction of sp³-hybridized carbons (Fsp3) is 0.214. The maximum atomic E-state index is 13.7. The second-order valence-electron chi connectivity index (χ2n) is 9.75. The third-order valence-electron chi connectivity index (χ3n) is 7.01. The number of aliphatic imine (C=N–C) groups is 1. The Morgan fingerprint density at radius 3 is 2.71 bits per heavy atom. The molecule has 2 bridgehead atoms. The number of nitrogens with zero attached hydrogens (tertiary/aromatic N) is 5. The lowest BCUT2D eigenvalue weighted by Crippen LogP contribution is -2.48. The highest BCUT2D eigenvalue weighted by Crippen LogP contribution is 2.41. The van der Waals surface area contributed by atoms with Crippen molar-refractivity contribution in [2.75, 3.05) is 28.2 Å². The van der Waals surface area contributed by atoms with Crippen LogP contribution < -0.4 is 26.6 Å². The van der Waals surface area contributed by atoms with Crippen LogP contribution in [0.5, 0.6) is 0 Å². The first kappa shape index (κ1) is 26.2. The van der Waals surface area contributed by atoms with Crippen LogP contribution in [-0.4, -0.2) is 41.1 Å². The highest BCUT2D eigenvalue weighted by molar-refractivity contribution is 6.05. The predicted octanol–water partition coefficient (Wildman–Crippen LogP) is 4.83. The SMILES string of the molecule is NC(N)=NCc1ncc(-c2cccc(NC(=O)N3c4nc(-c5cccc(C(F)(F)F)c5)ccc4N4CC[C@@H]3C4)c2)o1. The molecule has 6 rings (SSSR count). The highest BCUT2D eigenvalue weighted by Gasteiger charge is 2.40. The van der Waals surface area contributed by atoms with E-state index in [0.717, 1.165) is 30.8 Å². The topological polar surface area (TPSA) is 139 Å². The quantitative estimate of drug-likeness (QED) is 0.234. The predicted molar refractivity (Wildman–Crippen MR) is 148 cm³/mol. The summed E-state index contributed by atoms with van der Waals surface area (Å²) in [5.41, 5.74) is 12.6. The molecule has 10 nitrogen and oxygen atoms in total. The first-order chi connectivity index (χ1) is 19.7. The first-order valence-electron chi connectivity index (χ1n) is 12.8. The molecule has 2 aliphatic heterocycles. The third-order valence-corrected chi connectivity index (χ3v) is 7.01. The maximum absolute atomic E-state index is 13.7. The third kappa shape index (κ3) is 5.25. The van der Waals surface area contributed by atoms with E-state index in [4.69, 9.17) is 20.9 Å². The molecule has 4 aromatic rings. The standard InChI is InChI=1S/C28H25F3N8O2/c29-28(30,31)18-5-1-3-16(11-18)21-7-8-22-25(37-21)39(20-9-10-38(22)15-20)27(40)36-19-6-2-4-17(12-19)23-13-34-24(41-23)14-35-26(32)33/h1-8,11-13,20H,9-10,14-15H2,(H,36,40)(H4,32,33,35)/t20-/m1/s1. The summed E-state index contributed by atoms with van der Waals surface area (Å²) < 4.78 is 45.7. The molecule has 2 aromatic carbocycles. The number of guanidine groups is 1. The second-order valence-corrected chi connectivity index (χ2v) is 9.75. The number of alkyl halides is 3. The number of anilines is 3. The molecule has 2 aliphatic rings. The van der Waals surface area contributed by atoms with Gasteiger partial charge in [0.25, 0.3) is 0 Å². The number of rotatable bonds is 5. The van der Waals surface area contributed by atoms with Gasteiger partial charge in [0.1, 0.15) is 6.54 Å². The van der Waals surface area contributed by atoms with Crippen LogP contribution >= 0.6 is 0 Å². The van der Waals surface area contributed by atoms with Crippen LogP contribution in [0.2, 0.25) is 0 Å². The number of nitrogens with two attached hydrogens (primary N) is 2. The van der Waals surface area contributed by atoms with Gasteiger partial charge in [0.15, 0.2) is 17.5 Å². The van der Waals surface area contributed by atoms with Crippen LogP contribution in [0.1, 0.15) is 17.9 Å². The van der Waals surface area contributed by atoms with Crippen molar-refractivity contribution in [2.45, 2.75) is 25.2 Å². The number of amides is 2. The van der Waals surface area contributed by atoms with E-state index in [-0.39, 0.29) is 18.5 Å². The van der Waals surface area contributed by atoms with Gasteiger partial charge in [-0.1, -0.05) is 24.3 Å². The summed E-state index contributed by atoms with van der Waals surface area (Å²) in [6.07, 6.45) is -2.19. The summed E-state index contributed by atoms with van der Waals surface area (Å²) in [6, 6.07) is 15.1. The number of carbonyl (C=O) groups is 1. The number of pyridine rings is 1. The normalized spacial score (nSPS) is 15.9. The van der Waals surface area contributed by atoms with Gasteiger partial charge < -0.3 is 26.1 Å². The first-order valence-corrected chi connectivity index (χ1v) is 12.8. The van der Waals surface area contributed by atoms with Gasteiger partial charge in [-0.15, -0.1) is 0 Å². The maximum Gasteiger partial charge on any atom is 0.416 e. The van der Waals surface area contributed by atoms with Crippen molar-refractivity contribution in [3.8, 4) is 22.6 Å². The Labute approximate surface area is 232 Å². The molecule has 41 heavy (non-hydrogen) atoms. The number of aromatic nitrogens is 2. The number of hydrogen-bond acceptors (Lipinski definition) is 6. The van der Waals surface area contributed by atoms with Crippen LogP contribution in [0.25, 0.3) is 22.6 Å². The summed E-state index contributed by atoms with van der Waals surface area (Å²) >= 11 is 0. The van der Waals surface area contributed by atoms with E-state index in [9.17, 15) is 18.0 Å². The molecule has 13 heteroatoms. The number of carbonyl (C=O) groups excluding carboxylic acids is 1. The Morgan fingerprint density at radius 2 is 1.90 bits per heavy atom. The van der Waals surface area contributed by atoms with Gasteiger partial charge in [-0.25, -0.2) is 19.8 Å². The number of halogens is 3. The minimum Gasteiger partial charge on any atom is -0.439 e. The molecule has 0 aliphatic carbocycles. The molecule has 1 fully saturated rings. The molecule has 210 valence electrons. The molecular weight excluding hydrogens is 537 g/mol. The molecule has 1 atom stereocenters. The lowest BCUT2D eigenvalue weighted by atomic mass is 10.1. The fourth-order valence-electron chi connectivity index (χ4n) is 5.10. The zero-order chi connectivity index (χ0) is 28.7. The average molecular weight is 563 g/mol. The van der Waals surface area contributed by atoms with Crippen LogP contribution in [-0.2, 0) is 12.7 Å². The van der Waals surface area contributed by atoms with Crippen molar-refractivity contribution in [3.05, 3.63) is 78.3 Å². The van der Waals surface area contributed by atoms with Crippen LogP contribution in [0, 0.1) is 0 Å². The zero-order valence-electron chi connectivity index (χ0n) is 21.6. The lowest BCUT2D eigenvalue weighted by Gasteiger charge is -2.36. The Balaban J connectivity index is 1.28. The van der Waals surface area contributed by atoms with Gasteiger partial charge >= 0.3 is 12.2 Å². The van der Waals surface area contributed by atoms with Crippen LogP contribution in [0.3, 0.4) is 0 Å². The zero-order valence-corrected chi connectivity index (χ0v) is 21.6. The van der Waals surface area contributed by atoms with Gasteiger partial charge in [-0.3, -0.25) is 4.90 Å². The Bertz CT molecular complexity index is 1650. The minimum absolute atomic E-state index is 0.0735. The number of fused-ring (bicyclic) bond motifs is 4. The molecule has 2 amide bonds. The van der Waals surface area contributed by atoms with E-state index in [1.807, 2.05) is 12.1 Å². The second kappa shape index (κ2) is 10.2.